The summed E-state index contributed by atoms with van der Waals surface area (Å²) in [5.74, 6) is 3.17. The van der Waals surface area contributed by atoms with E-state index in [9.17, 15) is 4.79 Å². The predicted molar refractivity (Wildman–Crippen MR) is 137 cm³/mol. The van der Waals surface area contributed by atoms with Crippen molar-refractivity contribution >= 4 is 23.9 Å². The van der Waals surface area contributed by atoms with Gasteiger partial charge in [0.2, 0.25) is 5.75 Å². The minimum Gasteiger partial charge on any atom is -0.493 e. The minimum atomic E-state index is -0.290. The molecule has 1 heterocycles. The first-order valence-corrected chi connectivity index (χ1v) is 11.9. The van der Waals surface area contributed by atoms with Crippen molar-refractivity contribution in [2.75, 3.05) is 41.3 Å². The lowest BCUT2D eigenvalue weighted by molar-refractivity contribution is -0.118. The van der Waals surface area contributed by atoms with Gasteiger partial charge in [-0.1, -0.05) is 11.8 Å². The van der Waals surface area contributed by atoms with Crippen LogP contribution in [0.1, 0.15) is 12.5 Å². The van der Waals surface area contributed by atoms with Crippen LogP contribution in [0.15, 0.2) is 40.6 Å². The number of carbonyl (C=O) groups is 1. The molecule has 3 rings (SSSR count). The van der Waals surface area contributed by atoms with E-state index >= 15 is 0 Å². The van der Waals surface area contributed by atoms with E-state index < -0.39 is 0 Å². The van der Waals surface area contributed by atoms with Crippen molar-refractivity contribution in [1.82, 2.24) is 20.2 Å². The fourth-order valence-corrected chi connectivity index (χ4v) is 4.18. The van der Waals surface area contributed by atoms with Crippen LogP contribution >= 0.6 is 11.8 Å². The monoisotopic (exact) mass is 515 g/mol. The van der Waals surface area contributed by atoms with E-state index in [1.54, 1.807) is 26.4 Å². The molecular weight excluding hydrogens is 486 g/mol. The van der Waals surface area contributed by atoms with Crippen molar-refractivity contribution in [3.05, 3.63) is 35.9 Å². The Balaban J connectivity index is 1.66. The van der Waals surface area contributed by atoms with E-state index in [1.165, 1.54) is 39.3 Å². The molecule has 0 unspecified atom stereocenters. The Morgan fingerprint density at radius 2 is 1.61 bits per heavy atom. The van der Waals surface area contributed by atoms with E-state index in [0.717, 1.165) is 5.56 Å². The molecule has 1 aromatic heterocycles. The van der Waals surface area contributed by atoms with Crippen molar-refractivity contribution in [3.8, 4) is 40.1 Å². The molecule has 0 atom stereocenters. The topological polar surface area (TPSA) is 118 Å². The molecule has 0 aliphatic carbocycles. The van der Waals surface area contributed by atoms with E-state index in [1.807, 2.05) is 29.7 Å². The predicted octanol–water partition coefficient (Wildman–Crippen LogP) is 3.25. The lowest BCUT2D eigenvalue weighted by Gasteiger charge is -2.12. The Labute approximate surface area is 213 Å². The number of thioether (sulfide) groups is 1. The smallest absolute Gasteiger partial charge is 0.250 e. The maximum Gasteiger partial charge on any atom is 0.250 e. The van der Waals surface area contributed by atoms with Crippen LogP contribution in [0.25, 0.3) is 11.4 Å². The van der Waals surface area contributed by atoms with Crippen molar-refractivity contribution in [2.24, 2.45) is 5.10 Å². The number of carbonyl (C=O) groups excluding carboxylic acids is 1. The lowest BCUT2D eigenvalue weighted by atomic mass is 10.2. The third-order valence-electron chi connectivity index (χ3n) is 5.10. The van der Waals surface area contributed by atoms with Crippen molar-refractivity contribution in [3.63, 3.8) is 0 Å². The van der Waals surface area contributed by atoms with Crippen LogP contribution < -0.4 is 29.1 Å². The van der Waals surface area contributed by atoms with Crippen LogP contribution in [0.3, 0.4) is 0 Å². The van der Waals surface area contributed by atoms with Gasteiger partial charge in [0.1, 0.15) is 0 Å². The molecule has 11 nitrogen and oxygen atoms in total. The zero-order valence-electron chi connectivity index (χ0n) is 21.0. The highest BCUT2D eigenvalue weighted by molar-refractivity contribution is 7.99. The van der Waals surface area contributed by atoms with Gasteiger partial charge >= 0.3 is 0 Å². The fourth-order valence-electron chi connectivity index (χ4n) is 3.39. The number of hydrogen-bond donors (Lipinski definition) is 1. The lowest BCUT2D eigenvalue weighted by Crippen LogP contribution is -2.20. The highest BCUT2D eigenvalue weighted by Gasteiger charge is 2.17. The number of hydrazone groups is 1. The average molecular weight is 516 g/mol. The molecule has 0 radical (unpaired) electrons. The molecule has 0 fully saturated rings. The molecule has 36 heavy (non-hydrogen) atoms. The maximum absolute atomic E-state index is 12.4. The molecule has 1 N–H and O–H groups in total. The second-order valence-corrected chi connectivity index (χ2v) is 8.10. The number of benzene rings is 2. The molecule has 0 saturated carbocycles. The maximum atomic E-state index is 12.4. The van der Waals surface area contributed by atoms with Crippen LogP contribution in [-0.2, 0) is 11.3 Å². The highest BCUT2D eigenvalue weighted by Crippen LogP contribution is 2.37. The summed E-state index contributed by atoms with van der Waals surface area (Å²) >= 11 is 1.27. The minimum absolute atomic E-state index is 0.108. The molecule has 0 aliphatic heterocycles. The quantitative estimate of drug-likeness (QED) is 0.220. The molecule has 2 aromatic carbocycles. The van der Waals surface area contributed by atoms with E-state index in [2.05, 4.69) is 20.7 Å². The Morgan fingerprint density at radius 3 is 2.19 bits per heavy atom. The average Bonchev–Trinajstić information content (AvgIpc) is 3.33. The van der Waals surface area contributed by atoms with Gasteiger partial charge in [-0.3, -0.25) is 4.79 Å². The molecule has 0 bridgehead atoms. The Morgan fingerprint density at radius 1 is 0.944 bits per heavy atom. The molecule has 0 spiro atoms. The first kappa shape index (κ1) is 26.7. The van der Waals surface area contributed by atoms with Crippen molar-refractivity contribution in [2.45, 2.75) is 18.6 Å². The van der Waals surface area contributed by atoms with Crippen LogP contribution in [0, 0.1) is 0 Å². The van der Waals surface area contributed by atoms with Crippen LogP contribution in [0.2, 0.25) is 0 Å². The van der Waals surface area contributed by atoms with E-state index in [0.29, 0.717) is 51.8 Å². The number of hydrogen-bond acceptors (Lipinski definition) is 10. The second-order valence-electron chi connectivity index (χ2n) is 7.16. The summed E-state index contributed by atoms with van der Waals surface area (Å²) in [5, 5.41) is 13.2. The third kappa shape index (κ3) is 6.00. The third-order valence-corrected chi connectivity index (χ3v) is 6.06. The zero-order chi connectivity index (χ0) is 26.1. The number of methoxy groups -OCH3 is 5. The molecule has 1 amide bonds. The first-order chi connectivity index (χ1) is 17.5. The van der Waals surface area contributed by atoms with Crippen molar-refractivity contribution < 1.29 is 28.5 Å². The van der Waals surface area contributed by atoms with E-state index in [-0.39, 0.29) is 11.7 Å². The summed E-state index contributed by atoms with van der Waals surface area (Å²) in [6.45, 7) is 2.61. The van der Waals surface area contributed by atoms with Crippen LogP contribution in [0.5, 0.6) is 28.7 Å². The summed E-state index contributed by atoms with van der Waals surface area (Å²) < 4.78 is 28.6. The molecular formula is C24H29N5O6S. The first-order valence-electron chi connectivity index (χ1n) is 10.9. The number of nitrogens with zero attached hydrogens (tertiary/aromatic N) is 4. The van der Waals surface area contributed by atoms with Gasteiger partial charge in [-0.15, -0.1) is 10.2 Å². The summed E-state index contributed by atoms with van der Waals surface area (Å²) in [6.07, 6.45) is 1.50. The van der Waals surface area contributed by atoms with Gasteiger partial charge in [-0.2, -0.15) is 5.10 Å². The molecule has 0 aliphatic rings. The van der Waals surface area contributed by atoms with Gasteiger partial charge in [0.05, 0.1) is 47.5 Å². The number of nitrogens with one attached hydrogen (secondary N) is 1. The van der Waals surface area contributed by atoms with Crippen LogP contribution in [-0.4, -0.2) is 68.2 Å². The second kappa shape index (κ2) is 12.7. The standard InChI is InChI=1S/C24H29N5O6S/c1-7-29-23(16-8-9-17(31-2)18(12-16)32-3)27-28-24(29)36-14-21(30)26-25-13-15-10-19(33-4)22(35-6)20(11-15)34-5/h8-13H,7,14H2,1-6H3,(H,26,30)/b25-13+. The Hall–Kier alpha value is -3.93. The summed E-state index contributed by atoms with van der Waals surface area (Å²) in [6, 6.07) is 9.00. The Kier molecular flexibility index (Phi) is 9.39. The van der Waals surface area contributed by atoms with Gasteiger partial charge in [-0.25, -0.2) is 5.43 Å². The Bertz CT molecular complexity index is 1200. The zero-order valence-corrected chi connectivity index (χ0v) is 21.8. The molecule has 3 aromatic rings. The number of aromatic nitrogens is 3. The van der Waals surface area contributed by atoms with Crippen molar-refractivity contribution in [1.29, 1.82) is 0 Å². The number of ether oxygens (including phenoxy) is 5. The summed E-state index contributed by atoms with van der Waals surface area (Å²) in [4.78, 5) is 12.4. The molecule has 192 valence electrons. The molecule has 0 saturated heterocycles. The van der Waals surface area contributed by atoms with Gasteiger partial charge in [-0.05, 0) is 37.3 Å². The van der Waals surface area contributed by atoms with Crippen LogP contribution in [0.4, 0.5) is 0 Å². The van der Waals surface area contributed by atoms with Gasteiger partial charge in [0.15, 0.2) is 34.0 Å². The largest absolute Gasteiger partial charge is 0.493 e. The number of rotatable bonds is 12. The SMILES string of the molecule is CCn1c(SCC(=O)N/N=C/c2cc(OC)c(OC)c(OC)c2)nnc1-c1ccc(OC)c(OC)c1. The molecule has 12 heteroatoms. The number of amides is 1. The van der Waals surface area contributed by atoms with Gasteiger partial charge < -0.3 is 28.3 Å². The van der Waals surface area contributed by atoms with Gasteiger partial charge in [0, 0.05) is 17.7 Å². The highest BCUT2D eigenvalue weighted by atomic mass is 32.2. The summed E-state index contributed by atoms with van der Waals surface area (Å²) in [7, 11) is 7.75. The summed E-state index contributed by atoms with van der Waals surface area (Å²) in [5.41, 5.74) is 4.01. The van der Waals surface area contributed by atoms with E-state index in [4.69, 9.17) is 23.7 Å². The van der Waals surface area contributed by atoms with Gasteiger partial charge in [0.25, 0.3) is 5.91 Å². The fraction of sp³-hybridized carbons (Fsp3) is 0.333. The normalized spacial score (nSPS) is 10.8.